The van der Waals surface area contributed by atoms with Crippen molar-refractivity contribution in [2.75, 3.05) is 6.26 Å². The third-order valence-electron chi connectivity index (χ3n) is 4.51. The van der Waals surface area contributed by atoms with Gasteiger partial charge in [-0.25, -0.2) is 0 Å². The first kappa shape index (κ1) is 17.1. The summed E-state index contributed by atoms with van der Waals surface area (Å²) in [7, 11) is 0. The zero-order valence-corrected chi connectivity index (χ0v) is 13.9. The van der Waals surface area contributed by atoms with E-state index in [0.717, 1.165) is 12.1 Å². The maximum absolute atomic E-state index is 12.9. The quantitative estimate of drug-likeness (QED) is 0.548. The monoisotopic (exact) mass is 328 g/mol. The number of rotatable bonds is 3. The molecule has 0 radical (unpaired) electrons. The summed E-state index contributed by atoms with van der Waals surface area (Å²) in [6.45, 7) is 5.96. The lowest BCUT2D eigenvalue weighted by atomic mass is 9.78. The number of carbonyl (C=O) groups excluding carboxylic acids is 1. The van der Waals surface area contributed by atoms with Crippen LogP contribution in [0.25, 0.3) is 0 Å². The Morgan fingerprint density at radius 1 is 1.23 bits per heavy atom. The molecule has 0 bridgehead atoms. The average molecular weight is 328 g/mol. The van der Waals surface area contributed by atoms with Crippen molar-refractivity contribution in [1.82, 2.24) is 0 Å². The second kappa shape index (κ2) is 5.76. The summed E-state index contributed by atoms with van der Waals surface area (Å²) in [6.07, 6.45) is -1.76. The lowest BCUT2D eigenvalue weighted by Gasteiger charge is -2.30. The normalized spacial score (nSPS) is 25.7. The van der Waals surface area contributed by atoms with E-state index in [2.05, 4.69) is 0 Å². The van der Waals surface area contributed by atoms with Gasteiger partial charge >= 0.3 is 6.18 Å². The molecule has 0 saturated heterocycles. The van der Waals surface area contributed by atoms with Gasteiger partial charge in [-0.1, -0.05) is 30.2 Å². The van der Waals surface area contributed by atoms with E-state index in [0.29, 0.717) is 12.0 Å². The number of allylic oxidation sites excluding steroid dienone is 1. The van der Waals surface area contributed by atoms with Gasteiger partial charge in [0.1, 0.15) is 0 Å². The molecule has 1 aromatic carbocycles. The van der Waals surface area contributed by atoms with Crippen molar-refractivity contribution < 1.29 is 18.0 Å². The fourth-order valence-electron chi connectivity index (χ4n) is 3.26. The van der Waals surface area contributed by atoms with Crippen LogP contribution in [-0.4, -0.2) is 17.3 Å². The van der Waals surface area contributed by atoms with Gasteiger partial charge in [-0.3, -0.25) is 4.79 Å². The number of halogens is 3. The first-order valence-electron chi connectivity index (χ1n) is 7.02. The standard InChI is InChI=1S/C17H19F3OS/c1-10-9-16(3,15(22-4)11(10)2)14(21)12-5-7-13(8-6-12)17(18,19)20/h5-8,15H,9H2,1-4H3/t15-,16+/m0/s1. The third kappa shape index (κ3) is 2.83. The van der Waals surface area contributed by atoms with Gasteiger partial charge in [0.15, 0.2) is 5.78 Å². The van der Waals surface area contributed by atoms with Crippen LogP contribution in [0.5, 0.6) is 0 Å². The van der Waals surface area contributed by atoms with Gasteiger partial charge in [0.2, 0.25) is 0 Å². The maximum Gasteiger partial charge on any atom is 0.416 e. The first-order valence-corrected chi connectivity index (χ1v) is 8.31. The number of carbonyl (C=O) groups is 1. The molecule has 1 nitrogen and oxygen atoms in total. The lowest BCUT2D eigenvalue weighted by molar-refractivity contribution is -0.137. The van der Waals surface area contributed by atoms with E-state index in [4.69, 9.17) is 0 Å². The van der Waals surface area contributed by atoms with Crippen molar-refractivity contribution in [3.8, 4) is 0 Å². The van der Waals surface area contributed by atoms with Crippen LogP contribution < -0.4 is 0 Å². The van der Waals surface area contributed by atoms with E-state index in [1.54, 1.807) is 11.8 Å². The second-order valence-corrected chi connectivity index (χ2v) is 7.02. The molecule has 0 heterocycles. The Morgan fingerprint density at radius 3 is 2.23 bits per heavy atom. The van der Waals surface area contributed by atoms with Crippen LogP contribution in [-0.2, 0) is 6.18 Å². The summed E-state index contributed by atoms with van der Waals surface area (Å²) in [4.78, 5) is 12.9. The maximum atomic E-state index is 12.9. The number of alkyl halides is 3. The van der Waals surface area contributed by atoms with E-state index in [9.17, 15) is 18.0 Å². The molecule has 1 aliphatic rings. The zero-order valence-electron chi connectivity index (χ0n) is 13.0. The molecule has 0 aliphatic heterocycles. The van der Waals surface area contributed by atoms with Crippen molar-refractivity contribution in [1.29, 1.82) is 0 Å². The highest BCUT2D eigenvalue weighted by atomic mass is 32.2. The summed E-state index contributed by atoms with van der Waals surface area (Å²) in [6, 6.07) is 4.53. The fraction of sp³-hybridized carbons (Fsp3) is 0.471. The van der Waals surface area contributed by atoms with Crippen LogP contribution in [0.4, 0.5) is 13.2 Å². The zero-order chi connectivity index (χ0) is 16.7. The summed E-state index contributed by atoms with van der Waals surface area (Å²) in [5.41, 5.74) is 1.43. The Labute approximate surface area is 133 Å². The lowest BCUT2D eigenvalue weighted by Crippen LogP contribution is -2.35. The number of ketones is 1. The van der Waals surface area contributed by atoms with E-state index >= 15 is 0 Å². The van der Waals surface area contributed by atoms with Gasteiger partial charge in [-0.05, 0) is 38.7 Å². The topological polar surface area (TPSA) is 17.1 Å². The van der Waals surface area contributed by atoms with Crippen LogP contribution >= 0.6 is 11.8 Å². The predicted molar refractivity (Wildman–Crippen MR) is 84.2 cm³/mol. The highest BCUT2D eigenvalue weighted by molar-refractivity contribution is 7.99. The molecule has 0 aromatic heterocycles. The Morgan fingerprint density at radius 2 is 1.77 bits per heavy atom. The summed E-state index contributed by atoms with van der Waals surface area (Å²) in [5.74, 6) is -0.0863. The highest BCUT2D eigenvalue weighted by Gasteiger charge is 2.46. The Hall–Kier alpha value is -1.23. The Balaban J connectivity index is 2.32. The molecule has 2 atom stereocenters. The van der Waals surface area contributed by atoms with E-state index < -0.39 is 17.2 Å². The number of thioether (sulfide) groups is 1. The molecule has 5 heteroatoms. The van der Waals surface area contributed by atoms with Gasteiger partial charge < -0.3 is 0 Å². The van der Waals surface area contributed by atoms with Gasteiger partial charge in [-0.2, -0.15) is 24.9 Å². The molecule has 2 rings (SSSR count). The van der Waals surface area contributed by atoms with Crippen molar-refractivity contribution in [2.24, 2.45) is 5.41 Å². The molecule has 0 saturated carbocycles. The third-order valence-corrected chi connectivity index (χ3v) is 5.85. The van der Waals surface area contributed by atoms with Gasteiger partial charge in [0, 0.05) is 10.8 Å². The summed E-state index contributed by atoms with van der Waals surface area (Å²) >= 11 is 1.62. The van der Waals surface area contributed by atoms with Crippen LogP contribution in [0.3, 0.4) is 0 Å². The number of hydrogen-bond acceptors (Lipinski definition) is 2. The van der Waals surface area contributed by atoms with Crippen molar-refractivity contribution in [3.63, 3.8) is 0 Å². The summed E-state index contributed by atoms with van der Waals surface area (Å²) in [5, 5.41) is 0.0716. The predicted octanol–water partition coefficient (Wildman–Crippen LogP) is 5.37. The molecular weight excluding hydrogens is 309 g/mol. The Bertz CT molecular complexity index is 616. The molecule has 1 aromatic rings. The molecule has 0 fully saturated rings. The number of benzene rings is 1. The smallest absolute Gasteiger partial charge is 0.294 e. The van der Waals surface area contributed by atoms with E-state index in [1.165, 1.54) is 23.3 Å². The largest absolute Gasteiger partial charge is 0.416 e. The minimum Gasteiger partial charge on any atom is -0.294 e. The average Bonchev–Trinajstić information content (AvgIpc) is 2.68. The van der Waals surface area contributed by atoms with Crippen LogP contribution in [0.15, 0.2) is 35.4 Å². The first-order chi connectivity index (χ1) is 10.1. The van der Waals surface area contributed by atoms with Gasteiger partial charge in [-0.15, -0.1) is 0 Å². The van der Waals surface area contributed by atoms with Gasteiger partial charge in [0.25, 0.3) is 0 Å². The van der Waals surface area contributed by atoms with E-state index in [-0.39, 0.29) is 11.0 Å². The van der Waals surface area contributed by atoms with Crippen LogP contribution in [0.1, 0.15) is 43.1 Å². The minimum absolute atomic E-state index is 0.0716. The van der Waals surface area contributed by atoms with Crippen LogP contribution in [0, 0.1) is 5.41 Å². The van der Waals surface area contributed by atoms with Crippen molar-refractivity contribution in [3.05, 3.63) is 46.5 Å². The summed E-state index contributed by atoms with van der Waals surface area (Å²) < 4.78 is 37.9. The molecular formula is C17H19F3OS. The second-order valence-electron chi connectivity index (χ2n) is 6.08. The van der Waals surface area contributed by atoms with Crippen LogP contribution in [0.2, 0.25) is 0 Å². The molecule has 0 N–H and O–H groups in total. The van der Waals surface area contributed by atoms with Crippen molar-refractivity contribution in [2.45, 2.75) is 38.6 Å². The molecule has 0 unspecified atom stereocenters. The number of hydrogen-bond donors (Lipinski definition) is 0. The fourth-order valence-corrected chi connectivity index (χ4v) is 4.53. The molecule has 1 aliphatic carbocycles. The Kier molecular flexibility index (Phi) is 4.49. The highest BCUT2D eigenvalue weighted by Crippen LogP contribution is 2.49. The SMILES string of the molecule is CS[C@H]1C(C)=C(C)C[C@]1(C)C(=O)c1ccc(C(F)(F)F)cc1. The van der Waals surface area contributed by atoms with Crippen molar-refractivity contribution >= 4 is 17.5 Å². The number of Topliss-reactive ketones (excluding diaryl/α,β-unsaturated/α-hetero) is 1. The molecule has 22 heavy (non-hydrogen) atoms. The van der Waals surface area contributed by atoms with Gasteiger partial charge in [0.05, 0.1) is 11.0 Å². The molecule has 0 amide bonds. The molecule has 0 spiro atoms. The van der Waals surface area contributed by atoms with E-state index in [1.807, 2.05) is 27.0 Å². The molecule has 120 valence electrons. The minimum atomic E-state index is -4.38.